The van der Waals surface area contributed by atoms with Crippen LogP contribution < -0.4 is 4.31 Å². The van der Waals surface area contributed by atoms with E-state index >= 15 is 0 Å². The first-order chi connectivity index (χ1) is 9.60. The van der Waals surface area contributed by atoms with Crippen LogP contribution in [-0.4, -0.2) is 45.8 Å². The Bertz CT molecular complexity index is 769. The number of fused-ring (bicyclic) bond motifs is 1. The van der Waals surface area contributed by atoms with Crippen molar-refractivity contribution in [2.75, 3.05) is 22.2 Å². The van der Waals surface area contributed by atoms with Crippen LogP contribution in [0.3, 0.4) is 0 Å². The van der Waals surface area contributed by atoms with Crippen molar-refractivity contribution in [2.45, 2.75) is 12.3 Å². The molecular weight excluding hydrogens is 318 g/mol. The van der Waals surface area contributed by atoms with Crippen molar-refractivity contribution in [3.8, 4) is 0 Å². The number of carboxylic acids is 1. The van der Waals surface area contributed by atoms with Crippen molar-refractivity contribution >= 4 is 31.5 Å². The molecule has 9 heteroatoms. The summed E-state index contributed by atoms with van der Waals surface area (Å²) in [5, 5.41) is 7.92. The maximum absolute atomic E-state index is 12.2. The summed E-state index contributed by atoms with van der Waals surface area (Å²) < 4.78 is 48.0. The highest BCUT2D eigenvalue weighted by Crippen LogP contribution is 2.39. The summed E-state index contributed by atoms with van der Waals surface area (Å²) in [6.45, 7) is -0.0521. The number of sulfonamides is 1. The van der Waals surface area contributed by atoms with Crippen molar-refractivity contribution in [2.24, 2.45) is 0 Å². The fourth-order valence-electron chi connectivity index (χ4n) is 2.44. The fourth-order valence-corrected chi connectivity index (χ4v) is 5.99. The first-order valence-electron chi connectivity index (χ1n) is 6.09. The van der Waals surface area contributed by atoms with Crippen LogP contribution in [0.2, 0.25) is 0 Å². The van der Waals surface area contributed by atoms with Gasteiger partial charge in [0.05, 0.1) is 12.1 Å². The molecule has 2 rings (SSSR count). The normalized spacial score (nSPS) is 18.5. The van der Waals surface area contributed by atoms with Crippen molar-refractivity contribution in [3.05, 3.63) is 29.8 Å². The van der Waals surface area contributed by atoms with E-state index in [0.29, 0.717) is 11.3 Å². The number of nitrogens with zero attached hydrogens (tertiary/aromatic N) is 1. The SMILES string of the molecule is CS(=O)(=O)CS(=O)(=O)N1CC(CC(=O)O)c2ccccc21. The number of hydrogen-bond donors (Lipinski definition) is 1. The number of aliphatic carboxylic acids is 1. The standard InChI is InChI=1S/C12H15NO6S2/c1-20(16,17)8-21(18,19)13-7-9(6-12(14)15)10-4-2-3-5-11(10)13/h2-5,9H,6-8H2,1H3,(H,14,15). The number of carboxylic acid groups (broad SMARTS) is 1. The Kier molecular flexibility index (Phi) is 3.98. The van der Waals surface area contributed by atoms with Gasteiger partial charge in [-0.3, -0.25) is 9.10 Å². The van der Waals surface area contributed by atoms with E-state index in [1.165, 1.54) is 0 Å². The molecule has 0 saturated carbocycles. The lowest BCUT2D eigenvalue weighted by Gasteiger charge is -2.19. The van der Waals surface area contributed by atoms with Crippen LogP contribution in [0.15, 0.2) is 24.3 Å². The number of carbonyl (C=O) groups is 1. The fraction of sp³-hybridized carbons (Fsp3) is 0.417. The minimum absolute atomic E-state index is 0.0521. The van der Waals surface area contributed by atoms with Crippen molar-refractivity contribution in [3.63, 3.8) is 0 Å². The second kappa shape index (κ2) is 5.30. The molecule has 0 fully saturated rings. The molecule has 0 aromatic heterocycles. The smallest absolute Gasteiger partial charge is 0.304 e. The molecule has 0 bridgehead atoms. The number of anilines is 1. The summed E-state index contributed by atoms with van der Waals surface area (Å²) in [7, 11) is -7.76. The summed E-state index contributed by atoms with van der Waals surface area (Å²) in [5.41, 5.74) is 0.962. The third-order valence-electron chi connectivity index (χ3n) is 3.15. The number of hydrogen-bond acceptors (Lipinski definition) is 5. The van der Waals surface area contributed by atoms with Crippen LogP contribution in [0.1, 0.15) is 17.9 Å². The Hall–Kier alpha value is -1.61. The summed E-state index contributed by atoms with van der Waals surface area (Å²) >= 11 is 0. The largest absolute Gasteiger partial charge is 0.481 e. The number of para-hydroxylation sites is 1. The predicted molar refractivity (Wildman–Crippen MR) is 77.4 cm³/mol. The average molecular weight is 333 g/mol. The predicted octanol–water partition coefficient (Wildman–Crippen LogP) is 0.397. The minimum Gasteiger partial charge on any atom is -0.481 e. The molecule has 1 aliphatic rings. The molecule has 1 N–H and O–H groups in total. The Balaban J connectivity index is 2.42. The van der Waals surface area contributed by atoms with Gasteiger partial charge in [0.1, 0.15) is 0 Å². The highest BCUT2D eigenvalue weighted by atomic mass is 32.3. The average Bonchev–Trinajstić information content (AvgIpc) is 2.65. The van der Waals surface area contributed by atoms with Gasteiger partial charge in [-0.15, -0.1) is 0 Å². The maximum Gasteiger partial charge on any atom is 0.304 e. The van der Waals surface area contributed by atoms with Gasteiger partial charge < -0.3 is 5.11 Å². The van der Waals surface area contributed by atoms with Crippen LogP contribution in [-0.2, 0) is 24.7 Å². The highest BCUT2D eigenvalue weighted by Gasteiger charge is 2.37. The number of rotatable bonds is 5. The molecule has 1 aromatic rings. The molecule has 7 nitrogen and oxygen atoms in total. The molecule has 0 amide bonds. The minimum atomic E-state index is -4.05. The van der Waals surface area contributed by atoms with Crippen LogP contribution >= 0.6 is 0 Å². The zero-order chi connectivity index (χ0) is 15.8. The molecule has 116 valence electrons. The van der Waals surface area contributed by atoms with Gasteiger partial charge in [0, 0.05) is 18.7 Å². The summed E-state index contributed by atoms with van der Waals surface area (Å²) in [4.78, 5) is 10.9. The van der Waals surface area contributed by atoms with Crippen LogP contribution in [0.5, 0.6) is 0 Å². The molecule has 21 heavy (non-hydrogen) atoms. The van der Waals surface area contributed by atoms with Gasteiger partial charge in [0.2, 0.25) is 10.0 Å². The Morgan fingerprint density at radius 2 is 1.90 bits per heavy atom. The Labute approximate surface area is 123 Å². The van der Waals surface area contributed by atoms with E-state index in [9.17, 15) is 21.6 Å². The van der Waals surface area contributed by atoms with E-state index in [1.807, 2.05) is 0 Å². The van der Waals surface area contributed by atoms with E-state index in [4.69, 9.17) is 5.11 Å². The van der Waals surface area contributed by atoms with Gasteiger partial charge in [-0.05, 0) is 11.6 Å². The van der Waals surface area contributed by atoms with Crippen molar-refractivity contribution in [1.82, 2.24) is 0 Å². The number of benzene rings is 1. The van der Waals surface area contributed by atoms with Gasteiger partial charge in [0.15, 0.2) is 14.9 Å². The molecule has 1 aliphatic heterocycles. The van der Waals surface area contributed by atoms with E-state index in [2.05, 4.69) is 0 Å². The molecule has 0 saturated heterocycles. The summed E-state index contributed by atoms with van der Waals surface area (Å²) in [5.74, 6) is -1.51. The first kappa shape index (κ1) is 15.8. The van der Waals surface area contributed by atoms with Crippen LogP contribution in [0.4, 0.5) is 5.69 Å². The van der Waals surface area contributed by atoms with Gasteiger partial charge in [-0.1, -0.05) is 18.2 Å². The molecule has 1 atom stereocenters. The second-order valence-electron chi connectivity index (χ2n) is 5.04. The Morgan fingerprint density at radius 1 is 1.29 bits per heavy atom. The van der Waals surface area contributed by atoms with Gasteiger partial charge in [0.25, 0.3) is 0 Å². The molecular formula is C12H15NO6S2. The van der Waals surface area contributed by atoms with Crippen molar-refractivity contribution in [1.29, 1.82) is 0 Å². The second-order valence-corrected chi connectivity index (χ2v) is 9.44. The molecule has 1 unspecified atom stereocenters. The zero-order valence-electron chi connectivity index (χ0n) is 11.3. The van der Waals surface area contributed by atoms with Crippen LogP contribution in [0, 0.1) is 0 Å². The van der Waals surface area contributed by atoms with E-state index in [0.717, 1.165) is 10.6 Å². The highest BCUT2D eigenvalue weighted by molar-refractivity contribution is 8.08. The quantitative estimate of drug-likeness (QED) is 0.835. The number of sulfone groups is 1. The van der Waals surface area contributed by atoms with Gasteiger partial charge in [-0.25, -0.2) is 16.8 Å². The summed E-state index contributed by atoms with van der Waals surface area (Å²) in [6, 6.07) is 6.54. The topological polar surface area (TPSA) is 109 Å². The molecule has 0 aliphatic carbocycles. The lowest BCUT2D eigenvalue weighted by atomic mass is 9.98. The molecule has 1 aromatic carbocycles. The first-order valence-corrected chi connectivity index (χ1v) is 9.76. The van der Waals surface area contributed by atoms with E-state index in [1.54, 1.807) is 24.3 Å². The third-order valence-corrected chi connectivity index (χ3v) is 7.07. The molecule has 0 radical (unpaired) electrons. The van der Waals surface area contributed by atoms with Gasteiger partial charge in [-0.2, -0.15) is 0 Å². The van der Waals surface area contributed by atoms with Gasteiger partial charge >= 0.3 is 5.97 Å². The van der Waals surface area contributed by atoms with E-state index in [-0.39, 0.29) is 13.0 Å². The third kappa shape index (κ3) is 3.53. The van der Waals surface area contributed by atoms with Crippen molar-refractivity contribution < 1.29 is 26.7 Å². The van der Waals surface area contributed by atoms with E-state index < -0.39 is 36.8 Å². The lowest BCUT2D eigenvalue weighted by Crippen LogP contribution is -2.34. The van der Waals surface area contributed by atoms with Crippen LogP contribution in [0.25, 0.3) is 0 Å². The maximum atomic E-state index is 12.2. The lowest BCUT2D eigenvalue weighted by molar-refractivity contribution is -0.137. The molecule has 1 heterocycles. The zero-order valence-corrected chi connectivity index (χ0v) is 12.9. The Morgan fingerprint density at radius 3 is 2.48 bits per heavy atom. The molecule has 0 spiro atoms. The summed E-state index contributed by atoms with van der Waals surface area (Å²) in [6.07, 6.45) is 0.642. The monoisotopic (exact) mass is 333 g/mol.